The summed E-state index contributed by atoms with van der Waals surface area (Å²) in [7, 11) is -4.24. The molecule has 1 N–H and O–H groups in total. The molecule has 0 saturated heterocycles. The summed E-state index contributed by atoms with van der Waals surface area (Å²) in [5.74, 6) is -1.93. The van der Waals surface area contributed by atoms with Gasteiger partial charge < -0.3 is 10.2 Å². The molecule has 2 amide bonds. The average Bonchev–Trinajstić information content (AvgIpc) is 2.98. The molecule has 1 saturated carbocycles. The summed E-state index contributed by atoms with van der Waals surface area (Å²) in [5, 5.41) is 3.08. The van der Waals surface area contributed by atoms with E-state index in [-0.39, 0.29) is 35.5 Å². The van der Waals surface area contributed by atoms with Gasteiger partial charge in [0.15, 0.2) is 0 Å². The minimum atomic E-state index is -4.24. The zero-order valence-corrected chi connectivity index (χ0v) is 23.8. The van der Waals surface area contributed by atoms with Gasteiger partial charge in [-0.15, -0.1) is 0 Å². The fourth-order valence-corrected chi connectivity index (χ4v) is 6.54. The molecule has 0 radical (unpaired) electrons. The summed E-state index contributed by atoms with van der Waals surface area (Å²) in [6.45, 7) is 1.13. The lowest BCUT2D eigenvalue weighted by molar-refractivity contribution is -0.140. The van der Waals surface area contributed by atoms with Crippen LogP contribution in [-0.2, 0) is 26.2 Å². The van der Waals surface area contributed by atoms with Gasteiger partial charge in [-0.25, -0.2) is 17.2 Å². The standard InChI is InChI=1S/C31H35F2N3O4S/c1-2-29(31(38)34-26-9-5-3-6-10-26)35(21-23-13-15-24(32)16-14-23)30(37)22-36(27-19-17-25(33)18-20-27)41(39,40)28-11-7-4-8-12-28/h4,7-8,11-20,26,29H,2-3,5-6,9-10,21-22H2,1H3,(H,34,38)/t29-/m1/s1. The van der Waals surface area contributed by atoms with E-state index in [2.05, 4.69) is 5.32 Å². The van der Waals surface area contributed by atoms with E-state index in [9.17, 15) is 26.8 Å². The molecule has 0 aliphatic heterocycles. The third-order valence-corrected chi connectivity index (χ3v) is 9.12. The average molecular weight is 584 g/mol. The zero-order valence-electron chi connectivity index (χ0n) is 23.0. The fraction of sp³-hybridized carbons (Fsp3) is 0.355. The maximum absolute atomic E-state index is 14.0. The van der Waals surface area contributed by atoms with Crippen LogP contribution in [0.1, 0.15) is 51.0 Å². The summed E-state index contributed by atoms with van der Waals surface area (Å²) in [6.07, 6.45) is 5.17. The Balaban J connectivity index is 1.68. The van der Waals surface area contributed by atoms with Crippen LogP contribution >= 0.6 is 0 Å². The van der Waals surface area contributed by atoms with E-state index < -0.39 is 40.2 Å². The summed E-state index contributed by atoms with van der Waals surface area (Å²) >= 11 is 0. The SMILES string of the molecule is CC[C@H](C(=O)NC1CCCCC1)N(Cc1ccc(F)cc1)C(=O)CN(c1ccc(F)cc1)S(=O)(=O)c1ccccc1. The lowest BCUT2D eigenvalue weighted by Crippen LogP contribution is -2.54. The van der Waals surface area contributed by atoms with E-state index in [1.165, 1.54) is 53.4 Å². The quantitative estimate of drug-likeness (QED) is 0.327. The Bertz CT molecular complexity index is 1410. The van der Waals surface area contributed by atoms with Gasteiger partial charge in [-0.2, -0.15) is 0 Å². The molecule has 0 aromatic heterocycles. The van der Waals surface area contributed by atoms with Gasteiger partial charge in [0.2, 0.25) is 11.8 Å². The van der Waals surface area contributed by atoms with Crippen molar-refractivity contribution < 1.29 is 26.8 Å². The molecular formula is C31H35F2N3O4S. The number of rotatable bonds is 11. The second-order valence-electron chi connectivity index (χ2n) is 10.2. The molecule has 0 bridgehead atoms. The van der Waals surface area contributed by atoms with Crippen LogP contribution in [0.4, 0.5) is 14.5 Å². The van der Waals surface area contributed by atoms with Crippen molar-refractivity contribution in [3.8, 4) is 0 Å². The number of sulfonamides is 1. The molecule has 3 aromatic carbocycles. The highest BCUT2D eigenvalue weighted by atomic mass is 32.2. The van der Waals surface area contributed by atoms with Gasteiger partial charge >= 0.3 is 0 Å². The second kappa shape index (κ2) is 13.7. The maximum Gasteiger partial charge on any atom is 0.264 e. The minimum Gasteiger partial charge on any atom is -0.352 e. The van der Waals surface area contributed by atoms with Gasteiger partial charge in [-0.1, -0.05) is 56.5 Å². The van der Waals surface area contributed by atoms with E-state index >= 15 is 0 Å². The van der Waals surface area contributed by atoms with Crippen molar-refractivity contribution >= 4 is 27.5 Å². The lowest BCUT2D eigenvalue weighted by Gasteiger charge is -2.34. The number of hydrogen-bond donors (Lipinski definition) is 1. The molecule has 7 nitrogen and oxygen atoms in total. The topological polar surface area (TPSA) is 86.8 Å². The molecule has 1 atom stereocenters. The van der Waals surface area contributed by atoms with Crippen LogP contribution in [0.5, 0.6) is 0 Å². The molecule has 1 aliphatic carbocycles. The number of nitrogens with zero attached hydrogens (tertiary/aromatic N) is 2. The smallest absolute Gasteiger partial charge is 0.264 e. The first kappa shape index (κ1) is 30.2. The van der Waals surface area contributed by atoms with Gasteiger partial charge in [-0.05, 0) is 73.4 Å². The molecule has 1 aliphatic rings. The van der Waals surface area contributed by atoms with E-state index in [0.717, 1.165) is 48.5 Å². The van der Waals surface area contributed by atoms with Crippen LogP contribution in [0.25, 0.3) is 0 Å². The normalized spacial score (nSPS) is 14.7. The Labute approximate surface area is 240 Å². The van der Waals surface area contributed by atoms with Crippen LogP contribution in [0.15, 0.2) is 83.8 Å². The van der Waals surface area contributed by atoms with Gasteiger partial charge in [0.25, 0.3) is 10.0 Å². The molecule has 0 spiro atoms. The van der Waals surface area contributed by atoms with Crippen LogP contribution in [0, 0.1) is 11.6 Å². The first-order chi connectivity index (χ1) is 19.7. The van der Waals surface area contributed by atoms with Crippen LogP contribution in [0.2, 0.25) is 0 Å². The summed E-state index contributed by atoms with van der Waals surface area (Å²) in [6, 6.07) is 17.2. The molecule has 1 fully saturated rings. The highest BCUT2D eigenvalue weighted by Crippen LogP contribution is 2.25. The highest BCUT2D eigenvalue weighted by Gasteiger charge is 2.34. The monoisotopic (exact) mass is 583 g/mol. The number of carbonyl (C=O) groups excluding carboxylic acids is 2. The summed E-state index contributed by atoms with van der Waals surface area (Å²) < 4.78 is 55.8. The van der Waals surface area contributed by atoms with Crippen LogP contribution < -0.4 is 9.62 Å². The van der Waals surface area contributed by atoms with Crippen molar-refractivity contribution in [1.82, 2.24) is 10.2 Å². The highest BCUT2D eigenvalue weighted by molar-refractivity contribution is 7.92. The maximum atomic E-state index is 14.0. The number of amides is 2. The molecule has 3 aromatic rings. The minimum absolute atomic E-state index is 0.0160. The molecule has 0 heterocycles. The van der Waals surface area contributed by atoms with E-state index in [0.29, 0.717) is 5.56 Å². The predicted molar refractivity (Wildman–Crippen MR) is 153 cm³/mol. The van der Waals surface area contributed by atoms with Crippen molar-refractivity contribution in [3.05, 3.63) is 96.1 Å². The Hall–Kier alpha value is -3.79. The predicted octanol–water partition coefficient (Wildman–Crippen LogP) is 5.42. The fourth-order valence-electron chi connectivity index (χ4n) is 5.11. The molecular weight excluding hydrogens is 548 g/mol. The van der Waals surface area contributed by atoms with Gasteiger partial charge in [-0.3, -0.25) is 13.9 Å². The molecule has 0 unspecified atom stereocenters. The van der Waals surface area contributed by atoms with E-state index in [1.54, 1.807) is 25.1 Å². The van der Waals surface area contributed by atoms with Crippen molar-refractivity contribution in [3.63, 3.8) is 0 Å². The van der Waals surface area contributed by atoms with Gasteiger partial charge in [0.05, 0.1) is 10.6 Å². The number of benzene rings is 3. The Morgan fingerprint density at radius 3 is 2.05 bits per heavy atom. The van der Waals surface area contributed by atoms with Crippen molar-refractivity contribution in [2.24, 2.45) is 0 Å². The number of anilines is 1. The second-order valence-corrected chi connectivity index (χ2v) is 12.1. The summed E-state index contributed by atoms with van der Waals surface area (Å²) in [5.41, 5.74) is 0.688. The lowest BCUT2D eigenvalue weighted by atomic mass is 9.95. The summed E-state index contributed by atoms with van der Waals surface area (Å²) in [4.78, 5) is 28.8. The van der Waals surface area contributed by atoms with Crippen molar-refractivity contribution in [2.75, 3.05) is 10.8 Å². The van der Waals surface area contributed by atoms with Crippen molar-refractivity contribution in [1.29, 1.82) is 0 Å². The first-order valence-corrected chi connectivity index (χ1v) is 15.3. The molecule has 41 heavy (non-hydrogen) atoms. The Morgan fingerprint density at radius 1 is 0.878 bits per heavy atom. The number of hydrogen-bond acceptors (Lipinski definition) is 4. The van der Waals surface area contributed by atoms with Gasteiger partial charge in [0, 0.05) is 12.6 Å². The third-order valence-electron chi connectivity index (χ3n) is 7.33. The van der Waals surface area contributed by atoms with Gasteiger partial charge in [0.1, 0.15) is 24.2 Å². The third kappa shape index (κ3) is 7.70. The first-order valence-electron chi connectivity index (χ1n) is 13.9. The van der Waals surface area contributed by atoms with E-state index in [1.807, 2.05) is 0 Å². The zero-order chi connectivity index (χ0) is 29.4. The Kier molecular flexibility index (Phi) is 10.1. The van der Waals surface area contributed by atoms with E-state index in [4.69, 9.17) is 0 Å². The van der Waals surface area contributed by atoms with Crippen LogP contribution in [-0.4, -0.2) is 43.8 Å². The Morgan fingerprint density at radius 2 is 1.46 bits per heavy atom. The largest absolute Gasteiger partial charge is 0.352 e. The van der Waals surface area contributed by atoms with Crippen molar-refractivity contribution in [2.45, 2.75) is 69.0 Å². The molecule has 4 rings (SSSR count). The number of halogens is 2. The van der Waals surface area contributed by atoms with Crippen LogP contribution in [0.3, 0.4) is 0 Å². The molecule has 10 heteroatoms. The number of carbonyl (C=O) groups is 2. The number of nitrogens with one attached hydrogen (secondary N) is 1. The molecule has 218 valence electrons.